The van der Waals surface area contributed by atoms with Crippen molar-refractivity contribution in [1.82, 2.24) is 19.4 Å². The van der Waals surface area contributed by atoms with Crippen LogP contribution in [0, 0.1) is 12.7 Å². The zero-order valence-electron chi connectivity index (χ0n) is 15.2. The van der Waals surface area contributed by atoms with Crippen LogP contribution < -0.4 is 0 Å². The van der Waals surface area contributed by atoms with Gasteiger partial charge in [-0.1, -0.05) is 18.2 Å². The topological polar surface area (TPSA) is 51.0 Å². The van der Waals surface area contributed by atoms with Crippen LogP contribution in [-0.4, -0.2) is 31.9 Å². The predicted octanol–water partition coefficient (Wildman–Crippen LogP) is 3.62. The van der Waals surface area contributed by atoms with Gasteiger partial charge >= 0.3 is 0 Å². The van der Waals surface area contributed by atoms with E-state index in [1.54, 1.807) is 18.3 Å². The van der Waals surface area contributed by atoms with Gasteiger partial charge in [0.05, 0.1) is 18.2 Å². The number of rotatable bonds is 4. The molecule has 27 heavy (non-hydrogen) atoms. The van der Waals surface area contributed by atoms with Crippen LogP contribution in [0.1, 0.15) is 36.0 Å². The summed E-state index contributed by atoms with van der Waals surface area (Å²) in [5, 5.41) is 0. The highest BCUT2D eigenvalue weighted by Crippen LogP contribution is 2.31. The molecule has 138 valence electrons. The van der Waals surface area contributed by atoms with Gasteiger partial charge in [0.1, 0.15) is 17.5 Å². The molecule has 1 fully saturated rings. The molecule has 1 saturated heterocycles. The number of halogens is 1. The van der Waals surface area contributed by atoms with Gasteiger partial charge in [-0.3, -0.25) is 9.36 Å². The van der Waals surface area contributed by atoms with Gasteiger partial charge in [-0.2, -0.15) is 0 Å². The number of carbonyl (C=O) groups excluding carboxylic acids is 1. The molecule has 1 aromatic carbocycles. The molecule has 0 bridgehead atoms. The molecule has 0 N–H and O–H groups in total. The van der Waals surface area contributed by atoms with Crippen molar-refractivity contribution in [2.45, 2.75) is 32.2 Å². The minimum absolute atomic E-state index is 0.0262. The number of benzene rings is 1. The molecular formula is C21H21FN4O. The van der Waals surface area contributed by atoms with Crippen LogP contribution in [0.15, 0.2) is 54.9 Å². The van der Waals surface area contributed by atoms with Gasteiger partial charge in [-0.25, -0.2) is 14.4 Å². The molecular weight excluding hydrogens is 343 g/mol. The van der Waals surface area contributed by atoms with E-state index in [9.17, 15) is 9.18 Å². The Balaban J connectivity index is 1.55. The largest absolute Gasteiger partial charge is 0.334 e. The molecule has 0 aliphatic carbocycles. The van der Waals surface area contributed by atoms with Crippen molar-refractivity contribution in [3.8, 4) is 5.82 Å². The number of imidazole rings is 1. The summed E-state index contributed by atoms with van der Waals surface area (Å²) in [4.78, 5) is 23.8. The molecule has 6 heteroatoms. The molecule has 3 heterocycles. The smallest absolute Gasteiger partial charge is 0.227 e. The van der Waals surface area contributed by atoms with Crippen LogP contribution >= 0.6 is 0 Å². The lowest BCUT2D eigenvalue weighted by Crippen LogP contribution is -2.32. The van der Waals surface area contributed by atoms with E-state index in [1.165, 1.54) is 12.1 Å². The van der Waals surface area contributed by atoms with Crippen molar-refractivity contribution >= 4 is 5.91 Å². The molecule has 1 aliphatic rings. The number of hydrogen-bond donors (Lipinski definition) is 0. The van der Waals surface area contributed by atoms with Crippen LogP contribution in [0.4, 0.5) is 4.39 Å². The molecule has 1 unspecified atom stereocenters. The number of hydrogen-bond acceptors (Lipinski definition) is 3. The van der Waals surface area contributed by atoms with Crippen LogP contribution in [0.2, 0.25) is 0 Å². The summed E-state index contributed by atoms with van der Waals surface area (Å²) < 4.78 is 15.0. The Morgan fingerprint density at radius 1 is 1.22 bits per heavy atom. The van der Waals surface area contributed by atoms with E-state index in [0.717, 1.165) is 42.3 Å². The van der Waals surface area contributed by atoms with E-state index < -0.39 is 0 Å². The Morgan fingerprint density at radius 2 is 2.04 bits per heavy atom. The zero-order valence-corrected chi connectivity index (χ0v) is 15.2. The maximum absolute atomic E-state index is 13.1. The number of nitrogens with zero attached hydrogens (tertiary/aromatic N) is 4. The van der Waals surface area contributed by atoms with Gasteiger partial charge in [-0.05, 0) is 49.6 Å². The number of likely N-dealkylation sites (tertiary alicyclic amines) is 1. The monoisotopic (exact) mass is 364 g/mol. The molecule has 1 aliphatic heterocycles. The van der Waals surface area contributed by atoms with E-state index in [4.69, 9.17) is 4.98 Å². The maximum Gasteiger partial charge on any atom is 0.227 e. The Kier molecular flexibility index (Phi) is 4.71. The summed E-state index contributed by atoms with van der Waals surface area (Å²) in [7, 11) is 0. The second-order valence-electron chi connectivity index (χ2n) is 6.81. The van der Waals surface area contributed by atoms with Crippen molar-refractivity contribution in [2.75, 3.05) is 6.54 Å². The zero-order chi connectivity index (χ0) is 18.8. The van der Waals surface area contributed by atoms with E-state index in [0.29, 0.717) is 0 Å². The van der Waals surface area contributed by atoms with E-state index >= 15 is 0 Å². The third kappa shape index (κ3) is 3.60. The van der Waals surface area contributed by atoms with Crippen LogP contribution in [0.3, 0.4) is 0 Å². The minimum Gasteiger partial charge on any atom is -0.334 e. The standard InChI is InChI=1S/C21H21FN4O/c1-15-23-11-13-25(15)20-6-2-4-18(24-20)19-5-3-12-26(19)21(27)14-16-7-9-17(22)10-8-16/h2,4,6-11,13,19H,3,5,12,14H2,1H3. The first-order valence-electron chi connectivity index (χ1n) is 9.13. The first kappa shape index (κ1) is 17.4. The van der Waals surface area contributed by atoms with Crippen LogP contribution in [0.25, 0.3) is 5.82 Å². The van der Waals surface area contributed by atoms with Gasteiger partial charge in [-0.15, -0.1) is 0 Å². The van der Waals surface area contributed by atoms with Gasteiger partial charge < -0.3 is 4.90 Å². The molecule has 2 aromatic heterocycles. The van der Waals surface area contributed by atoms with Gasteiger partial charge in [0.15, 0.2) is 0 Å². The summed E-state index contributed by atoms with van der Waals surface area (Å²) >= 11 is 0. The first-order valence-corrected chi connectivity index (χ1v) is 9.13. The molecule has 0 radical (unpaired) electrons. The second kappa shape index (κ2) is 7.31. The van der Waals surface area contributed by atoms with Crippen molar-refractivity contribution in [3.05, 3.63) is 77.8 Å². The van der Waals surface area contributed by atoms with Crippen LogP contribution in [0.5, 0.6) is 0 Å². The van der Waals surface area contributed by atoms with Crippen LogP contribution in [-0.2, 0) is 11.2 Å². The normalized spacial score (nSPS) is 16.7. The predicted molar refractivity (Wildman–Crippen MR) is 99.9 cm³/mol. The van der Waals surface area contributed by atoms with Gasteiger partial charge in [0.2, 0.25) is 5.91 Å². The highest BCUT2D eigenvalue weighted by molar-refractivity contribution is 5.79. The number of pyridine rings is 1. The fraction of sp³-hybridized carbons (Fsp3) is 0.286. The summed E-state index contributed by atoms with van der Waals surface area (Å²) in [6.45, 7) is 2.66. The number of carbonyl (C=O) groups is 1. The van der Waals surface area contributed by atoms with Gasteiger partial charge in [0, 0.05) is 18.9 Å². The summed E-state index contributed by atoms with van der Waals surface area (Å²) in [5.41, 5.74) is 1.72. The summed E-state index contributed by atoms with van der Waals surface area (Å²) in [6.07, 6.45) is 5.76. The molecule has 5 nitrogen and oxygen atoms in total. The Labute approximate surface area is 157 Å². The van der Waals surface area contributed by atoms with Crippen molar-refractivity contribution < 1.29 is 9.18 Å². The molecule has 1 atom stereocenters. The van der Waals surface area contributed by atoms with Gasteiger partial charge in [0.25, 0.3) is 0 Å². The molecule has 0 spiro atoms. The molecule has 1 amide bonds. The average molecular weight is 364 g/mol. The van der Waals surface area contributed by atoms with Crippen molar-refractivity contribution in [3.63, 3.8) is 0 Å². The fourth-order valence-corrected chi connectivity index (χ4v) is 3.63. The Morgan fingerprint density at radius 3 is 2.78 bits per heavy atom. The average Bonchev–Trinajstić information content (AvgIpc) is 3.33. The quantitative estimate of drug-likeness (QED) is 0.710. The molecule has 3 aromatic rings. The first-order chi connectivity index (χ1) is 13.1. The third-order valence-corrected chi connectivity index (χ3v) is 5.01. The number of aryl methyl sites for hydroxylation is 1. The molecule has 4 rings (SSSR count). The van der Waals surface area contributed by atoms with E-state index in [-0.39, 0.29) is 24.2 Å². The maximum atomic E-state index is 13.1. The second-order valence-corrected chi connectivity index (χ2v) is 6.81. The molecule has 0 saturated carbocycles. The van der Waals surface area contributed by atoms with E-state index in [1.807, 2.05) is 40.8 Å². The summed E-state index contributed by atoms with van der Waals surface area (Å²) in [5.74, 6) is 1.44. The lowest BCUT2D eigenvalue weighted by molar-refractivity contribution is -0.131. The Bertz CT molecular complexity index is 951. The van der Waals surface area contributed by atoms with Crippen molar-refractivity contribution in [1.29, 1.82) is 0 Å². The third-order valence-electron chi connectivity index (χ3n) is 5.01. The van der Waals surface area contributed by atoms with E-state index in [2.05, 4.69) is 4.98 Å². The SMILES string of the molecule is Cc1nccn1-c1cccc(C2CCCN2C(=O)Cc2ccc(F)cc2)n1. The van der Waals surface area contributed by atoms with Crippen molar-refractivity contribution in [2.24, 2.45) is 0 Å². The lowest BCUT2D eigenvalue weighted by atomic mass is 10.1. The Hall–Kier alpha value is -3.02. The summed E-state index contributed by atoms with van der Waals surface area (Å²) in [6, 6.07) is 12.0. The fourth-order valence-electron chi connectivity index (χ4n) is 3.63. The number of aromatic nitrogens is 3. The number of amides is 1. The highest BCUT2D eigenvalue weighted by atomic mass is 19.1. The highest BCUT2D eigenvalue weighted by Gasteiger charge is 2.31. The minimum atomic E-state index is -0.291. The lowest BCUT2D eigenvalue weighted by Gasteiger charge is -2.25.